The Morgan fingerprint density at radius 1 is 1.52 bits per heavy atom. The number of carbonyl (C=O) groups excluding carboxylic acids is 1. The van der Waals surface area contributed by atoms with E-state index in [1.807, 2.05) is 4.90 Å². The molecule has 5 heteroatoms. The molecule has 1 atom stereocenters. The van der Waals surface area contributed by atoms with Crippen LogP contribution in [0.25, 0.3) is 0 Å². The Labute approximate surface area is 134 Å². The number of hydrogen-bond donors (Lipinski definition) is 1. The van der Waals surface area contributed by atoms with Crippen molar-refractivity contribution in [3.05, 3.63) is 34.1 Å². The number of halogens is 2. The molecule has 0 bridgehead atoms. The lowest BCUT2D eigenvalue weighted by atomic mass is 9.98. The number of amides is 1. The molecule has 0 aliphatic carbocycles. The van der Waals surface area contributed by atoms with Crippen molar-refractivity contribution in [1.82, 2.24) is 10.2 Å². The Balaban J connectivity index is 2.12. The molecule has 116 valence electrons. The highest BCUT2D eigenvalue weighted by Gasteiger charge is 2.23. The normalized spacial score (nSPS) is 18.5. The summed E-state index contributed by atoms with van der Waals surface area (Å²) in [5.74, 6) is 0.00650. The molecule has 0 spiro atoms. The molecule has 21 heavy (non-hydrogen) atoms. The van der Waals surface area contributed by atoms with E-state index in [9.17, 15) is 9.18 Å². The van der Waals surface area contributed by atoms with E-state index in [1.54, 1.807) is 12.1 Å². The monoisotopic (exact) mass is 356 g/mol. The van der Waals surface area contributed by atoms with Gasteiger partial charge in [0.15, 0.2) is 0 Å². The number of benzene rings is 1. The van der Waals surface area contributed by atoms with E-state index in [-0.39, 0.29) is 10.4 Å². The molecule has 0 radical (unpaired) electrons. The van der Waals surface area contributed by atoms with Gasteiger partial charge in [0.1, 0.15) is 5.82 Å². The zero-order valence-corrected chi connectivity index (χ0v) is 14.0. The Hall–Kier alpha value is -0.940. The van der Waals surface area contributed by atoms with E-state index in [2.05, 4.69) is 28.2 Å². The number of rotatable bonds is 5. The van der Waals surface area contributed by atoms with E-state index >= 15 is 0 Å². The molecule has 1 aliphatic rings. The van der Waals surface area contributed by atoms with E-state index in [0.29, 0.717) is 18.0 Å². The molecule has 1 unspecified atom stereocenters. The summed E-state index contributed by atoms with van der Waals surface area (Å²) in [6, 6.07) is 4.62. The van der Waals surface area contributed by atoms with Crippen LogP contribution in [-0.2, 0) is 0 Å². The summed E-state index contributed by atoms with van der Waals surface area (Å²) >= 11 is 3.19. The van der Waals surface area contributed by atoms with Crippen molar-refractivity contribution in [2.24, 2.45) is 5.92 Å². The predicted octanol–water partition coefficient (Wildman–Crippen LogP) is 3.44. The van der Waals surface area contributed by atoms with Gasteiger partial charge in [-0.05, 0) is 66.3 Å². The van der Waals surface area contributed by atoms with Crippen LogP contribution in [0.3, 0.4) is 0 Å². The van der Waals surface area contributed by atoms with Crippen LogP contribution in [0.2, 0.25) is 0 Å². The zero-order valence-electron chi connectivity index (χ0n) is 12.4. The Morgan fingerprint density at radius 3 is 3.00 bits per heavy atom. The van der Waals surface area contributed by atoms with Crippen LogP contribution in [0.1, 0.15) is 36.5 Å². The van der Waals surface area contributed by atoms with Crippen LogP contribution in [-0.4, -0.2) is 37.0 Å². The number of carbonyl (C=O) groups is 1. The molecule has 1 amide bonds. The second kappa shape index (κ2) is 7.90. The SMILES string of the molecule is CCCN(CC1CCCNC1)C(=O)c1cccc(F)c1Br. The zero-order chi connectivity index (χ0) is 15.2. The van der Waals surface area contributed by atoms with Gasteiger partial charge in [-0.15, -0.1) is 0 Å². The maximum absolute atomic E-state index is 13.6. The predicted molar refractivity (Wildman–Crippen MR) is 85.9 cm³/mol. The van der Waals surface area contributed by atoms with Crippen molar-refractivity contribution >= 4 is 21.8 Å². The summed E-state index contributed by atoms with van der Waals surface area (Å²) in [7, 11) is 0. The van der Waals surface area contributed by atoms with Crippen LogP contribution in [0.4, 0.5) is 4.39 Å². The van der Waals surface area contributed by atoms with Crippen LogP contribution >= 0.6 is 15.9 Å². The largest absolute Gasteiger partial charge is 0.338 e. The minimum absolute atomic E-state index is 0.0891. The first-order valence-corrected chi connectivity index (χ1v) is 8.36. The van der Waals surface area contributed by atoms with Gasteiger partial charge >= 0.3 is 0 Å². The second-order valence-electron chi connectivity index (χ2n) is 5.56. The maximum Gasteiger partial charge on any atom is 0.255 e. The van der Waals surface area contributed by atoms with Gasteiger partial charge in [-0.3, -0.25) is 4.79 Å². The number of nitrogens with one attached hydrogen (secondary N) is 1. The third kappa shape index (κ3) is 4.27. The topological polar surface area (TPSA) is 32.3 Å². The average molecular weight is 357 g/mol. The molecule has 1 saturated heterocycles. The minimum atomic E-state index is -0.392. The van der Waals surface area contributed by atoms with Crippen molar-refractivity contribution in [2.75, 3.05) is 26.2 Å². The maximum atomic E-state index is 13.6. The highest BCUT2D eigenvalue weighted by molar-refractivity contribution is 9.10. The van der Waals surface area contributed by atoms with Gasteiger partial charge in [0.2, 0.25) is 0 Å². The van der Waals surface area contributed by atoms with E-state index in [4.69, 9.17) is 0 Å². The molecule has 2 rings (SSSR count). The third-order valence-electron chi connectivity index (χ3n) is 3.84. The molecule has 1 aromatic rings. The van der Waals surface area contributed by atoms with E-state index < -0.39 is 5.82 Å². The van der Waals surface area contributed by atoms with Crippen molar-refractivity contribution in [1.29, 1.82) is 0 Å². The molecule has 0 saturated carbocycles. The fourth-order valence-electron chi connectivity index (χ4n) is 2.78. The third-order valence-corrected chi connectivity index (χ3v) is 4.65. The Morgan fingerprint density at radius 2 is 2.33 bits per heavy atom. The van der Waals surface area contributed by atoms with Gasteiger partial charge < -0.3 is 10.2 Å². The van der Waals surface area contributed by atoms with Crippen LogP contribution < -0.4 is 5.32 Å². The molecular formula is C16H22BrFN2O. The standard InChI is InChI=1S/C16H22BrFN2O/c1-2-9-20(11-12-5-4-8-19-10-12)16(21)13-6-3-7-14(18)15(13)17/h3,6-7,12,19H,2,4-5,8-11H2,1H3. The summed E-state index contributed by atoms with van der Waals surface area (Å²) in [4.78, 5) is 14.5. The van der Waals surface area contributed by atoms with Gasteiger partial charge in [-0.25, -0.2) is 4.39 Å². The van der Waals surface area contributed by atoms with Gasteiger partial charge in [-0.2, -0.15) is 0 Å². The fraction of sp³-hybridized carbons (Fsp3) is 0.562. The van der Waals surface area contributed by atoms with E-state index in [1.165, 1.54) is 6.07 Å². The lowest BCUT2D eigenvalue weighted by Gasteiger charge is -2.30. The van der Waals surface area contributed by atoms with Crippen molar-refractivity contribution in [3.8, 4) is 0 Å². The van der Waals surface area contributed by atoms with Crippen LogP contribution in [0.5, 0.6) is 0 Å². The first kappa shape index (κ1) is 16.4. The molecule has 0 aromatic heterocycles. The van der Waals surface area contributed by atoms with Crippen LogP contribution in [0.15, 0.2) is 22.7 Å². The molecular weight excluding hydrogens is 335 g/mol. The quantitative estimate of drug-likeness (QED) is 0.876. The fourth-order valence-corrected chi connectivity index (χ4v) is 3.21. The molecule has 1 fully saturated rings. The van der Waals surface area contributed by atoms with Gasteiger partial charge in [-0.1, -0.05) is 13.0 Å². The summed E-state index contributed by atoms with van der Waals surface area (Å²) in [5.41, 5.74) is 0.409. The summed E-state index contributed by atoms with van der Waals surface area (Å²) < 4.78 is 13.9. The molecule has 1 N–H and O–H groups in total. The lowest BCUT2D eigenvalue weighted by Crippen LogP contribution is -2.41. The number of nitrogens with zero attached hydrogens (tertiary/aromatic N) is 1. The Kier molecular flexibility index (Phi) is 6.18. The van der Waals surface area contributed by atoms with E-state index in [0.717, 1.165) is 38.9 Å². The molecule has 1 aliphatic heterocycles. The van der Waals surface area contributed by atoms with Crippen molar-refractivity contribution in [3.63, 3.8) is 0 Å². The molecule has 1 aromatic carbocycles. The van der Waals surface area contributed by atoms with Crippen molar-refractivity contribution < 1.29 is 9.18 Å². The Bertz CT molecular complexity index is 489. The molecule has 3 nitrogen and oxygen atoms in total. The first-order valence-electron chi connectivity index (χ1n) is 7.57. The van der Waals surface area contributed by atoms with Crippen molar-refractivity contribution in [2.45, 2.75) is 26.2 Å². The average Bonchev–Trinajstić information content (AvgIpc) is 2.50. The van der Waals surface area contributed by atoms with Gasteiger partial charge in [0.05, 0.1) is 10.0 Å². The smallest absolute Gasteiger partial charge is 0.255 e. The van der Waals surface area contributed by atoms with Crippen LogP contribution in [0, 0.1) is 11.7 Å². The first-order chi connectivity index (χ1) is 10.1. The number of hydrogen-bond acceptors (Lipinski definition) is 2. The lowest BCUT2D eigenvalue weighted by molar-refractivity contribution is 0.0717. The van der Waals surface area contributed by atoms with Gasteiger partial charge in [0.25, 0.3) is 5.91 Å². The second-order valence-corrected chi connectivity index (χ2v) is 6.36. The highest BCUT2D eigenvalue weighted by atomic mass is 79.9. The summed E-state index contributed by atoms with van der Waals surface area (Å²) in [6.45, 7) is 5.52. The molecule has 1 heterocycles. The summed E-state index contributed by atoms with van der Waals surface area (Å²) in [6.07, 6.45) is 3.20. The number of piperidine rings is 1. The minimum Gasteiger partial charge on any atom is -0.338 e. The highest BCUT2D eigenvalue weighted by Crippen LogP contribution is 2.23. The summed E-state index contributed by atoms with van der Waals surface area (Å²) in [5, 5.41) is 3.37. The van der Waals surface area contributed by atoms with Gasteiger partial charge in [0, 0.05) is 13.1 Å².